The third-order valence-corrected chi connectivity index (χ3v) is 2.00. The quantitative estimate of drug-likeness (QED) is 0.592. The van der Waals surface area contributed by atoms with Crippen LogP contribution in [0.1, 0.15) is 11.5 Å². The van der Waals surface area contributed by atoms with Crippen LogP contribution in [0.15, 0.2) is 48.6 Å². The van der Waals surface area contributed by atoms with Crippen LogP contribution in [0.3, 0.4) is 0 Å². The highest BCUT2D eigenvalue weighted by atomic mass is 19.1. The largest absolute Gasteiger partial charge is 0.207 e. The average Bonchev–Trinajstić information content (AvgIpc) is 2.58. The van der Waals surface area contributed by atoms with Gasteiger partial charge in [0, 0.05) is 5.92 Å². The highest BCUT2D eigenvalue weighted by Crippen LogP contribution is 2.22. The summed E-state index contributed by atoms with van der Waals surface area (Å²) in [5.41, 5.74) is 1.14. The van der Waals surface area contributed by atoms with E-state index in [9.17, 15) is 4.39 Å². The maximum atomic E-state index is 12.5. The summed E-state index contributed by atoms with van der Waals surface area (Å²) in [7, 11) is 0. The van der Waals surface area contributed by atoms with Crippen molar-refractivity contribution < 1.29 is 4.39 Å². The molecule has 0 spiro atoms. The van der Waals surface area contributed by atoms with Crippen molar-refractivity contribution >= 4 is 0 Å². The fourth-order valence-corrected chi connectivity index (χ4v) is 1.34. The van der Waals surface area contributed by atoms with E-state index in [4.69, 9.17) is 0 Å². The summed E-state index contributed by atoms with van der Waals surface area (Å²) >= 11 is 0. The molecule has 1 heteroatoms. The standard InChI is InChI=1S/C11H9F/c12-11-7-5-10(6-8-11)9-3-1-2-4-9/h1-9H. The Bertz CT molecular complexity index is 307. The third-order valence-electron chi connectivity index (χ3n) is 2.00. The summed E-state index contributed by atoms with van der Waals surface area (Å²) in [5, 5.41) is 0. The topological polar surface area (TPSA) is 0 Å². The molecule has 2 rings (SSSR count). The fourth-order valence-electron chi connectivity index (χ4n) is 1.34. The second-order valence-electron chi connectivity index (χ2n) is 2.85. The van der Waals surface area contributed by atoms with Crippen LogP contribution in [0.25, 0.3) is 0 Å². The molecule has 0 heterocycles. The van der Waals surface area contributed by atoms with Gasteiger partial charge in [0.25, 0.3) is 0 Å². The van der Waals surface area contributed by atoms with Crippen LogP contribution in [0, 0.1) is 5.82 Å². The molecule has 0 saturated heterocycles. The zero-order valence-corrected chi connectivity index (χ0v) is 6.57. The van der Waals surface area contributed by atoms with Crippen molar-refractivity contribution in [1.82, 2.24) is 0 Å². The third kappa shape index (κ3) is 1.30. The zero-order valence-electron chi connectivity index (χ0n) is 6.57. The average molecular weight is 160 g/mol. The molecule has 12 heavy (non-hydrogen) atoms. The molecular formula is C11H9F. The SMILES string of the molecule is Fc1ccc(C2C=CC=C2)cc1. The van der Waals surface area contributed by atoms with Gasteiger partial charge < -0.3 is 0 Å². The minimum atomic E-state index is -0.176. The first-order chi connectivity index (χ1) is 5.86. The van der Waals surface area contributed by atoms with E-state index in [2.05, 4.69) is 12.2 Å². The molecule has 0 aromatic heterocycles. The van der Waals surface area contributed by atoms with E-state index < -0.39 is 0 Å². The Morgan fingerprint density at radius 2 is 1.50 bits per heavy atom. The van der Waals surface area contributed by atoms with Crippen LogP contribution in [0.5, 0.6) is 0 Å². The van der Waals surface area contributed by atoms with Gasteiger partial charge in [-0.05, 0) is 17.7 Å². The molecule has 0 nitrogen and oxygen atoms in total. The second kappa shape index (κ2) is 2.94. The fraction of sp³-hybridized carbons (Fsp3) is 0.0909. The maximum Gasteiger partial charge on any atom is 0.123 e. The highest BCUT2D eigenvalue weighted by molar-refractivity contribution is 5.34. The number of halogens is 1. The Labute approximate surface area is 71.0 Å². The van der Waals surface area contributed by atoms with Crippen LogP contribution < -0.4 is 0 Å². The normalized spacial score (nSPS) is 15.8. The van der Waals surface area contributed by atoms with Gasteiger partial charge in [-0.15, -0.1) is 0 Å². The molecule has 0 aliphatic heterocycles. The second-order valence-corrected chi connectivity index (χ2v) is 2.85. The van der Waals surface area contributed by atoms with Crippen molar-refractivity contribution in [3.8, 4) is 0 Å². The Kier molecular flexibility index (Phi) is 1.78. The first-order valence-corrected chi connectivity index (χ1v) is 3.97. The van der Waals surface area contributed by atoms with Crippen molar-refractivity contribution in [2.45, 2.75) is 5.92 Å². The predicted molar refractivity (Wildman–Crippen MR) is 47.4 cm³/mol. The van der Waals surface area contributed by atoms with E-state index in [0.29, 0.717) is 5.92 Å². The number of hydrogen-bond acceptors (Lipinski definition) is 0. The zero-order chi connectivity index (χ0) is 8.39. The molecule has 1 aliphatic rings. The minimum Gasteiger partial charge on any atom is -0.207 e. The van der Waals surface area contributed by atoms with Crippen LogP contribution in [0.4, 0.5) is 4.39 Å². The Balaban J connectivity index is 2.29. The predicted octanol–water partition coefficient (Wildman–Crippen LogP) is 3.04. The number of hydrogen-bond donors (Lipinski definition) is 0. The van der Waals surface area contributed by atoms with Crippen molar-refractivity contribution in [2.75, 3.05) is 0 Å². The van der Waals surface area contributed by atoms with Gasteiger partial charge in [-0.1, -0.05) is 36.4 Å². The number of allylic oxidation sites excluding steroid dienone is 4. The van der Waals surface area contributed by atoms with E-state index in [0.717, 1.165) is 5.56 Å². The lowest BCUT2D eigenvalue weighted by atomic mass is 10.0. The van der Waals surface area contributed by atoms with E-state index in [-0.39, 0.29) is 5.82 Å². The lowest BCUT2D eigenvalue weighted by Crippen LogP contribution is -1.88. The van der Waals surface area contributed by atoms with E-state index in [1.54, 1.807) is 0 Å². The highest BCUT2D eigenvalue weighted by Gasteiger charge is 2.05. The molecule has 0 fully saturated rings. The summed E-state index contributed by atoms with van der Waals surface area (Å²) in [6, 6.07) is 6.63. The van der Waals surface area contributed by atoms with E-state index >= 15 is 0 Å². The van der Waals surface area contributed by atoms with Crippen LogP contribution in [-0.2, 0) is 0 Å². The molecular weight excluding hydrogens is 151 g/mol. The summed E-state index contributed by atoms with van der Waals surface area (Å²) in [6.45, 7) is 0. The molecule has 0 saturated carbocycles. The number of rotatable bonds is 1. The van der Waals surface area contributed by atoms with Crippen molar-refractivity contribution in [3.63, 3.8) is 0 Å². The summed E-state index contributed by atoms with van der Waals surface area (Å²) < 4.78 is 12.5. The van der Waals surface area contributed by atoms with Gasteiger partial charge in [-0.25, -0.2) is 4.39 Å². The maximum absolute atomic E-state index is 12.5. The van der Waals surface area contributed by atoms with Gasteiger partial charge in [0.1, 0.15) is 5.82 Å². The molecule has 0 bridgehead atoms. The summed E-state index contributed by atoms with van der Waals surface area (Å²) in [6.07, 6.45) is 8.20. The molecule has 0 amide bonds. The summed E-state index contributed by atoms with van der Waals surface area (Å²) in [4.78, 5) is 0. The molecule has 0 N–H and O–H groups in total. The molecule has 0 atom stereocenters. The van der Waals surface area contributed by atoms with E-state index in [1.165, 1.54) is 12.1 Å². The monoisotopic (exact) mass is 160 g/mol. The molecule has 0 radical (unpaired) electrons. The Morgan fingerprint density at radius 3 is 2.08 bits per heavy atom. The Morgan fingerprint density at radius 1 is 0.917 bits per heavy atom. The van der Waals surface area contributed by atoms with Crippen molar-refractivity contribution in [1.29, 1.82) is 0 Å². The van der Waals surface area contributed by atoms with Crippen LogP contribution in [-0.4, -0.2) is 0 Å². The minimum absolute atomic E-state index is 0.176. The number of benzene rings is 1. The van der Waals surface area contributed by atoms with Crippen molar-refractivity contribution in [2.24, 2.45) is 0 Å². The molecule has 1 aromatic carbocycles. The molecule has 1 aromatic rings. The van der Waals surface area contributed by atoms with Gasteiger partial charge in [0.2, 0.25) is 0 Å². The van der Waals surface area contributed by atoms with Gasteiger partial charge >= 0.3 is 0 Å². The van der Waals surface area contributed by atoms with Gasteiger partial charge in [-0.3, -0.25) is 0 Å². The van der Waals surface area contributed by atoms with Crippen molar-refractivity contribution in [3.05, 3.63) is 60.0 Å². The Hall–Kier alpha value is -1.37. The van der Waals surface area contributed by atoms with Gasteiger partial charge in [0.05, 0.1) is 0 Å². The first-order valence-electron chi connectivity index (χ1n) is 3.97. The van der Waals surface area contributed by atoms with Crippen LogP contribution in [0.2, 0.25) is 0 Å². The van der Waals surface area contributed by atoms with Gasteiger partial charge in [-0.2, -0.15) is 0 Å². The van der Waals surface area contributed by atoms with Gasteiger partial charge in [0.15, 0.2) is 0 Å². The molecule has 60 valence electrons. The molecule has 1 aliphatic carbocycles. The van der Waals surface area contributed by atoms with E-state index in [1.807, 2.05) is 24.3 Å². The molecule has 0 unspecified atom stereocenters. The first kappa shape index (κ1) is 7.29. The summed E-state index contributed by atoms with van der Waals surface area (Å²) in [5.74, 6) is 0.162. The smallest absolute Gasteiger partial charge is 0.123 e. The van der Waals surface area contributed by atoms with Crippen LogP contribution >= 0.6 is 0 Å². The lowest BCUT2D eigenvalue weighted by molar-refractivity contribution is 0.627. The lowest BCUT2D eigenvalue weighted by Gasteiger charge is -2.04.